The van der Waals surface area contributed by atoms with Crippen LogP contribution in [0.25, 0.3) is 0 Å². The van der Waals surface area contributed by atoms with Gasteiger partial charge in [-0.25, -0.2) is 14.4 Å². The summed E-state index contributed by atoms with van der Waals surface area (Å²) >= 11 is 0. The highest BCUT2D eigenvalue weighted by molar-refractivity contribution is 5.86. The molecule has 0 saturated carbocycles. The summed E-state index contributed by atoms with van der Waals surface area (Å²) in [4.78, 5) is 64.1. The smallest absolute Gasteiger partial charge is 0.408 e. The van der Waals surface area contributed by atoms with Crippen LogP contribution in [0, 0.1) is 29.6 Å². The van der Waals surface area contributed by atoms with Gasteiger partial charge in [0.25, 0.3) is 0 Å². The molecule has 2 aliphatic rings. The number of nitrogens with one attached hydrogen (secondary N) is 1. The summed E-state index contributed by atoms with van der Waals surface area (Å²) in [6, 6.07) is 13.6. The number of methoxy groups -OCH3 is 2. The van der Waals surface area contributed by atoms with Gasteiger partial charge in [0.05, 0.1) is 38.2 Å². The number of rotatable bonds is 12. The molecule has 5 N–H and O–H groups in total. The first-order valence-electron chi connectivity index (χ1n) is 17.3. The number of amides is 2. The average molecular weight is 810 g/mol. The minimum atomic E-state index is -0.848. The van der Waals surface area contributed by atoms with Gasteiger partial charge in [-0.15, -0.1) is 24.8 Å². The predicted octanol–water partition coefficient (Wildman–Crippen LogP) is 3.28. The standard InChI is InChI=1S/C41H44N4O9.2ClH/c1-27-32(21-37(51-2)35(26-46)34(27)13-7-16-53-39(48)20-29-9-5-11-31(19-29)24-43)12-6-17-54-41(50)44-33-22-36(40(49)52-3)45(25-33)38(47)15-14-28-8-4-10-30(18-28)23-42;;/h4-5,8-11,18-19,21,33-34,36H,14-17,20,22-25,42-43H2,1-3H3,(H,44,50);2*1H. The molecule has 298 valence electrons. The van der Waals surface area contributed by atoms with Crippen molar-refractivity contribution in [3.63, 3.8) is 0 Å². The Balaban J connectivity index is 0.00000541. The largest absolute Gasteiger partial charge is 0.496 e. The second-order valence-corrected chi connectivity index (χ2v) is 12.5. The molecular formula is C41H46Cl2N4O9. The lowest BCUT2D eigenvalue weighted by molar-refractivity contribution is -0.150. The quantitative estimate of drug-likeness (QED) is 0.124. The number of hydrogen-bond donors (Lipinski definition) is 3. The highest BCUT2D eigenvalue weighted by Crippen LogP contribution is 2.32. The molecule has 1 saturated heterocycles. The molecule has 2 aromatic carbocycles. The first kappa shape index (κ1) is 46.6. The third-order valence-electron chi connectivity index (χ3n) is 8.91. The summed E-state index contributed by atoms with van der Waals surface area (Å²) in [5.74, 6) is 11.6. The zero-order chi connectivity index (χ0) is 39.0. The van der Waals surface area contributed by atoms with Gasteiger partial charge in [0.1, 0.15) is 17.7 Å². The molecule has 4 rings (SSSR count). The molecule has 13 nitrogen and oxygen atoms in total. The molecule has 15 heteroatoms. The van der Waals surface area contributed by atoms with Gasteiger partial charge < -0.3 is 40.6 Å². The van der Waals surface area contributed by atoms with Crippen LogP contribution >= 0.6 is 24.8 Å². The number of ether oxygens (including phenoxy) is 4. The van der Waals surface area contributed by atoms with Crippen molar-refractivity contribution in [2.24, 2.45) is 17.4 Å². The molecule has 1 heterocycles. The Labute approximate surface area is 339 Å². The molecule has 1 aliphatic carbocycles. The van der Waals surface area contributed by atoms with Crippen LogP contribution in [0.4, 0.5) is 4.79 Å². The number of nitrogens with two attached hydrogens (primary N) is 2. The van der Waals surface area contributed by atoms with E-state index in [2.05, 4.69) is 29.0 Å². The second-order valence-electron chi connectivity index (χ2n) is 12.5. The highest BCUT2D eigenvalue weighted by Gasteiger charge is 2.40. The molecule has 0 spiro atoms. The van der Waals surface area contributed by atoms with Gasteiger partial charge in [0.15, 0.2) is 13.2 Å². The number of benzene rings is 2. The first-order chi connectivity index (χ1) is 26.1. The van der Waals surface area contributed by atoms with Gasteiger partial charge in [-0.3, -0.25) is 9.59 Å². The molecule has 1 aliphatic heterocycles. The molecule has 0 radical (unpaired) electrons. The zero-order valence-electron chi connectivity index (χ0n) is 31.4. The summed E-state index contributed by atoms with van der Waals surface area (Å²) in [5.41, 5.74) is 16.3. The van der Waals surface area contributed by atoms with E-state index < -0.39 is 36.0 Å². The predicted molar refractivity (Wildman–Crippen MR) is 213 cm³/mol. The fourth-order valence-corrected chi connectivity index (χ4v) is 6.10. The molecule has 3 unspecified atom stereocenters. The SMILES string of the molecule is COC(=O)C1CC(NC(=O)OCC#CC2=C(C)C(C#CCOC(=O)Cc3cccc(CN)c3)C(=C=O)C(OC)=C2)CN1C(=O)CCc1cccc(CN)c1.Cl.Cl. The molecule has 3 atom stereocenters. The minimum Gasteiger partial charge on any atom is -0.496 e. The van der Waals surface area contributed by atoms with Crippen molar-refractivity contribution in [3.05, 3.63) is 99.3 Å². The number of hydrogen-bond acceptors (Lipinski definition) is 11. The first-order valence-corrected chi connectivity index (χ1v) is 17.3. The molecular weight excluding hydrogens is 763 g/mol. The van der Waals surface area contributed by atoms with Gasteiger partial charge in [-0.1, -0.05) is 72.2 Å². The van der Waals surface area contributed by atoms with Crippen LogP contribution in [0.2, 0.25) is 0 Å². The van der Waals surface area contributed by atoms with Gasteiger partial charge in [0, 0.05) is 38.0 Å². The van der Waals surface area contributed by atoms with E-state index in [1.54, 1.807) is 13.0 Å². The van der Waals surface area contributed by atoms with Crippen molar-refractivity contribution in [2.45, 2.75) is 57.8 Å². The number of alkyl carbamates (subject to hydrolysis) is 1. The lowest BCUT2D eigenvalue weighted by atomic mass is 9.84. The van der Waals surface area contributed by atoms with Crippen LogP contribution in [-0.4, -0.2) is 80.8 Å². The van der Waals surface area contributed by atoms with E-state index >= 15 is 0 Å². The monoisotopic (exact) mass is 808 g/mol. The van der Waals surface area contributed by atoms with Crippen molar-refractivity contribution in [1.29, 1.82) is 0 Å². The van der Waals surface area contributed by atoms with Crippen LogP contribution in [-0.2, 0) is 64.1 Å². The Morgan fingerprint density at radius 2 is 1.55 bits per heavy atom. The number of carbonyl (C=O) groups is 4. The third kappa shape index (κ3) is 13.1. The summed E-state index contributed by atoms with van der Waals surface area (Å²) < 4.78 is 20.9. The second kappa shape index (κ2) is 23.4. The number of likely N-dealkylation sites (tertiary alicyclic amines) is 1. The Kier molecular flexibility index (Phi) is 19.5. The fourth-order valence-electron chi connectivity index (χ4n) is 6.10. The number of esters is 2. The minimum absolute atomic E-state index is 0. The van der Waals surface area contributed by atoms with Gasteiger partial charge in [0.2, 0.25) is 5.91 Å². The summed E-state index contributed by atoms with van der Waals surface area (Å²) in [5, 5.41) is 2.71. The van der Waals surface area contributed by atoms with Crippen molar-refractivity contribution in [1.82, 2.24) is 10.2 Å². The van der Waals surface area contributed by atoms with Crippen molar-refractivity contribution in [2.75, 3.05) is 34.0 Å². The third-order valence-corrected chi connectivity index (χ3v) is 8.91. The molecule has 1 fully saturated rings. The zero-order valence-corrected chi connectivity index (χ0v) is 33.0. The number of aryl methyl sites for hydroxylation is 1. The van der Waals surface area contributed by atoms with Crippen molar-refractivity contribution >= 4 is 54.7 Å². The Bertz CT molecular complexity index is 1990. The highest BCUT2D eigenvalue weighted by atomic mass is 35.5. The van der Waals surface area contributed by atoms with E-state index in [0.717, 1.165) is 22.3 Å². The van der Waals surface area contributed by atoms with Crippen LogP contribution in [0.5, 0.6) is 0 Å². The van der Waals surface area contributed by atoms with Gasteiger partial charge in [-0.2, -0.15) is 0 Å². The lowest BCUT2D eigenvalue weighted by Crippen LogP contribution is -2.42. The summed E-state index contributed by atoms with van der Waals surface area (Å²) in [7, 11) is 2.65. The van der Waals surface area contributed by atoms with Gasteiger partial charge >= 0.3 is 18.0 Å². The van der Waals surface area contributed by atoms with E-state index in [9.17, 15) is 24.0 Å². The Morgan fingerprint density at radius 1 is 0.911 bits per heavy atom. The molecule has 0 aromatic heterocycles. The Hall–Kier alpha value is -5.53. The maximum atomic E-state index is 13.2. The fraction of sp³-hybridized carbons (Fsp3) is 0.366. The molecule has 2 aromatic rings. The number of allylic oxidation sites excluding steroid dienone is 4. The molecule has 0 bridgehead atoms. The van der Waals surface area contributed by atoms with Gasteiger partial charge in [-0.05, 0) is 47.2 Å². The lowest BCUT2D eigenvalue weighted by Gasteiger charge is -2.22. The van der Waals surface area contributed by atoms with E-state index in [1.807, 2.05) is 54.5 Å². The van der Waals surface area contributed by atoms with E-state index in [-0.39, 0.29) is 81.1 Å². The maximum absolute atomic E-state index is 13.2. The van der Waals surface area contributed by atoms with Crippen molar-refractivity contribution in [3.8, 4) is 23.7 Å². The van der Waals surface area contributed by atoms with Crippen LogP contribution in [0.15, 0.2) is 77.1 Å². The van der Waals surface area contributed by atoms with Crippen LogP contribution in [0.3, 0.4) is 0 Å². The van der Waals surface area contributed by atoms with E-state index in [1.165, 1.54) is 19.1 Å². The maximum Gasteiger partial charge on any atom is 0.408 e. The average Bonchev–Trinajstić information content (AvgIpc) is 3.61. The van der Waals surface area contributed by atoms with Crippen molar-refractivity contribution < 1.29 is 42.9 Å². The summed E-state index contributed by atoms with van der Waals surface area (Å²) in [6.07, 6.45) is 1.65. The molecule has 56 heavy (non-hydrogen) atoms. The van der Waals surface area contributed by atoms with Crippen LogP contribution in [0.1, 0.15) is 42.0 Å². The van der Waals surface area contributed by atoms with E-state index in [4.69, 9.17) is 30.4 Å². The number of nitrogens with zero attached hydrogens (tertiary/aromatic N) is 1. The Morgan fingerprint density at radius 3 is 2.20 bits per heavy atom. The van der Waals surface area contributed by atoms with E-state index in [0.29, 0.717) is 30.7 Å². The number of halogens is 2. The topological polar surface area (TPSA) is 190 Å². The molecule has 2 amide bonds. The number of carbonyl (C=O) groups excluding carboxylic acids is 5. The van der Waals surface area contributed by atoms with Crippen LogP contribution < -0.4 is 16.8 Å². The summed E-state index contributed by atoms with van der Waals surface area (Å²) in [6.45, 7) is 2.12. The normalized spacial score (nSPS) is 16.9.